The van der Waals surface area contributed by atoms with Crippen molar-refractivity contribution in [2.75, 3.05) is 26.3 Å². The third-order valence-electron chi connectivity index (χ3n) is 2.98. The molecule has 1 aliphatic rings. The molecule has 90 valence electrons. The molecule has 1 aromatic rings. The van der Waals surface area contributed by atoms with Crippen molar-refractivity contribution >= 4 is 0 Å². The molecule has 1 N–H and O–H groups in total. The molecule has 2 rings (SSSR count). The molecular formula is C13H17N3O. The first-order valence-corrected chi connectivity index (χ1v) is 5.85. The molecule has 0 saturated carbocycles. The van der Waals surface area contributed by atoms with Crippen molar-refractivity contribution in [3.8, 4) is 6.07 Å². The number of nitrogens with one attached hydrogen (secondary N) is 1. The highest BCUT2D eigenvalue weighted by molar-refractivity contribution is 5.37. The van der Waals surface area contributed by atoms with Crippen molar-refractivity contribution in [1.29, 1.82) is 5.26 Å². The van der Waals surface area contributed by atoms with Gasteiger partial charge < -0.3 is 4.74 Å². The van der Waals surface area contributed by atoms with Crippen molar-refractivity contribution in [1.82, 2.24) is 10.4 Å². The topological polar surface area (TPSA) is 48.3 Å². The van der Waals surface area contributed by atoms with Crippen LogP contribution in [-0.2, 0) is 11.3 Å². The molecule has 4 heteroatoms. The molecule has 1 heterocycles. The zero-order chi connectivity index (χ0) is 12.1. The molecule has 1 aromatic carbocycles. The number of aryl methyl sites for hydroxylation is 1. The number of nitriles is 1. The van der Waals surface area contributed by atoms with Crippen LogP contribution in [0.4, 0.5) is 0 Å². The van der Waals surface area contributed by atoms with E-state index in [2.05, 4.69) is 16.5 Å². The Kier molecular flexibility index (Phi) is 4.10. The zero-order valence-corrected chi connectivity index (χ0v) is 10.1. The normalized spacial score (nSPS) is 16.7. The maximum Gasteiger partial charge on any atom is 0.0991 e. The average molecular weight is 231 g/mol. The van der Waals surface area contributed by atoms with Gasteiger partial charge in [0.1, 0.15) is 0 Å². The number of hydrazine groups is 1. The minimum Gasteiger partial charge on any atom is -0.379 e. The third-order valence-corrected chi connectivity index (χ3v) is 2.98. The maximum atomic E-state index is 8.80. The second-order valence-electron chi connectivity index (χ2n) is 4.19. The van der Waals surface area contributed by atoms with Crippen LogP contribution < -0.4 is 5.43 Å². The van der Waals surface area contributed by atoms with E-state index < -0.39 is 0 Å². The van der Waals surface area contributed by atoms with Gasteiger partial charge in [-0.05, 0) is 30.2 Å². The van der Waals surface area contributed by atoms with E-state index in [-0.39, 0.29) is 0 Å². The SMILES string of the molecule is Cc1cc(C#N)ccc1CNN1CCOCC1. The number of morpholine rings is 1. The van der Waals surface area contributed by atoms with Crippen LogP contribution in [0.2, 0.25) is 0 Å². The van der Waals surface area contributed by atoms with E-state index in [1.54, 1.807) is 0 Å². The molecule has 0 spiro atoms. The molecule has 1 aliphatic heterocycles. The lowest BCUT2D eigenvalue weighted by atomic mass is 10.1. The Balaban J connectivity index is 1.92. The molecule has 17 heavy (non-hydrogen) atoms. The molecule has 0 unspecified atom stereocenters. The molecule has 0 atom stereocenters. The van der Waals surface area contributed by atoms with Crippen LogP contribution in [0.1, 0.15) is 16.7 Å². The summed E-state index contributed by atoms with van der Waals surface area (Å²) in [7, 11) is 0. The monoisotopic (exact) mass is 231 g/mol. The fraction of sp³-hybridized carbons (Fsp3) is 0.462. The fourth-order valence-corrected chi connectivity index (χ4v) is 1.88. The van der Waals surface area contributed by atoms with Crippen molar-refractivity contribution in [2.24, 2.45) is 0 Å². The van der Waals surface area contributed by atoms with Gasteiger partial charge in [0.2, 0.25) is 0 Å². The number of benzene rings is 1. The van der Waals surface area contributed by atoms with E-state index in [9.17, 15) is 0 Å². The van der Waals surface area contributed by atoms with E-state index in [0.717, 1.165) is 44.0 Å². The van der Waals surface area contributed by atoms with Gasteiger partial charge in [-0.25, -0.2) is 5.01 Å². The van der Waals surface area contributed by atoms with Crippen LogP contribution in [-0.4, -0.2) is 31.3 Å². The van der Waals surface area contributed by atoms with E-state index in [1.165, 1.54) is 5.56 Å². The van der Waals surface area contributed by atoms with E-state index in [0.29, 0.717) is 0 Å². The van der Waals surface area contributed by atoms with Gasteiger partial charge in [-0.3, -0.25) is 5.43 Å². The summed E-state index contributed by atoms with van der Waals surface area (Å²) in [6.07, 6.45) is 0. The summed E-state index contributed by atoms with van der Waals surface area (Å²) in [5.74, 6) is 0. The highest BCUT2D eigenvalue weighted by Crippen LogP contribution is 2.10. The Morgan fingerprint density at radius 2 is 2.18 bits per heavy atom. The first kappa shape index (κ1) is 12.1. The first-order valence-electron chi connectivity index (χ1n) is 5.85. The molecule has 0 amide bonds. The van der Waals surface area contributed by atoms with Gasteiger partial charge >= 0.3 is 0 Å². The average Bonchev–Trinajstić information content (AvgIpc) is 2.38. The Morgan fingerprint density at radius 1 is 1.41 bits per heavy atom. The summed E-state index contributed by atoms with van der Waals surface area (Å²) >= 11 is 0. The second kappa shape index (κ2) is 5.78. The summed E-state index contributed by atoms with van der Waals surface area (Å²) < 4.78 is 5.29. The Hall–Kier alpha value is -1.41. The largest absolute Gasteiger partial charge is 0.379 e. The highest BCUT2D eigenvalue weighted by Gasteiger charge is 2.09. The zero-order valence-electron chi connectivity index (χ0n) is 10.1. The Bertz CT molecular complexity index is 419. The number of hydrogen-bond acceptors (Lipinski definition) is 4. The minimum absolute atomic E-state index is 0.720. The number of nitrogens with zero attached hydrogens (tertiary/aromatic N) is 2. The molecule has 0 radical (unpaired) electrons. The van der Waals surface area contributed by atoms with Crippen LogP contribution in [0.25, 0.3) is 0 Å². The molecule has 1 fully saturated rings. The molecule has 1 saturated heterocycles. The van der Waals surface area contributed by atoms with Crippen molar-refractivity contribution in [3.05, 3.63) is 34.9 Å². The quantitative estimate of drug-likeness (QED) is 0.849. The molecule has 0 aliphatic carbocycles. The van der Waals surface area contributed by atoms with Crippen LogP contribution >= 0.6 is 0 Å². The third kappa shape index (κ3) is 3.27. The smallest absolute Gasteiger partial charge is 0.0991 e. The molecule has 4 nitrogen and oxygen atoms in total. The Labute approximate surface area is 102 Å². The van der Waals surface area contributed by atoms with E-state index >= 15 is 0 Å². The van der Waals surface area contributed by atoms with Crippen LogP contribution in [0.15, 0.2) is 18.2 Å². The summed E-state index contributed by atoms with van der Waals surface area (Å²) in [5, 5.41) is 11.0. The van der Waals surface area contributed by atoms with E-state index in [1.807, 2.05) is 25.1 Å². The molecule has 0 aromatic heterocycles. The molecule has 0 bridgehead atoms. The Morgan fingerprint density at radius 3 is 2.82 bits per heavy atom. The molecular weight excluding hydrogens is 214 g/mol. The van der Waals surface area contributed by atoms with Crippen molar-refractivity contribution < 1.29 is 4.74 Å². The standard InChI is InChI=1S/C13H17N3O/c1-11-8-12(9-14)2-3-13(11)10-15-16-4-6-17-7-5-16/h2-3,8,15H,4-7,10H2,1H3. The summed E-state index contributed by atoms with van der Waals surface area (Å²) in [4.78, 5) is 0. The van der Waals surface area contributed by atoms with E-state index in [4.69, 9.17) is 10.00 Å². The maximum absolute atomic E-state index is 8.80. The van der Waals surface area contributed by atoms with Gasteiger partial charge in [0.15, 0.2) is 0 Å². The van der Waals surface area contributed by atoms with Gasteiger partial charge in [0.05, 0.1) is 24.8 Å². The van der Waals surface area contributed by atoms with Crippen molar-refractivity contribution in [2.45, 2.75) is 13.5 Å². The fourth-order valence-electron chi connectivity index (χ4n) is 1.88. The number of rotatable bonds is 3. The van der Waals surface area contributed by atoms with Crippen LogP contribution in [0, 0.1) is 18.3 Å². The van der Waals surface area contributed by atoms with Crippen LogP contribution in [0.5, 0.6) is 0 Å². The van der Waals surface area contributed by atoms with Gasteiger partial charge in [-0.15, -0.1) is 0 Å². The first-order chi connectivity index (χ1) is 8.29. The summed E-state index contributed by atoms with van der Waals surface area (Å²) in [5.41, 5.74) is 6.50. The minimum atomic E-state index is 0.720. The lowest BCUT2D eigenvalue weighted by molar-refractivity contribution is 0.0105. The summed E-state index contributed by atoms with van der Waals surface area (Å²) in [6, 6.07) is 7.96. The predicted molar refractivity (Wildman–Crippen MR) is 65.1 cm³/mol. The predicted octanol–water partition coefficient (Wildman–Crippen LogP) is 1.20. The highest BCUT2D eigenvalue weighted by atomic mass is 16.5. The lowest BCUT2D eigenvalue weighted by Gasteiger charge is -2.27. The van der Waals surface area contributed by atoms with Gasteiger partial charge in [-0.2, -0.15) is 5.26 Å². The van der Waals surface area contributed by atoms with Crippen LogP contribution in [0.3, 0.4) is 0 Å². The number of hydrogen-bond donors (Lipinski definition) is 1. The van der Waals surface area contributed by atoms with Gasteiger partial charge in [0, 0.05) is 19.6 Å². The number of ether oxygens (including phenoxy) is 1. The van der Waals surface area contributed by atoms with Gasteiger partial charge in [0.25, 0.3) is 0 Å². The second-order valence-corrected chi connectivity index (χ2v) is 4.19. The van der Waals surface area contributed by atoms with Gasteiger partial charge in [-0.1, -0.05) is 6.07 Å². The summed E-state index contributed by atoms with van der Waals surface area (Å²) in [6.45, 7) is 6.28. The lowest BCUT2D eigenvalue weighted by Crippen LogP contribution is -2.45. The van der Waals surface area contributed by atoms with Crippen molar-refractivity contribution in [3.63, 3.8) is 0 Å².